The Kier molecular flexibility index (Phi) is 5.54. The zero-order chi connectivity index (χ0) is 21.3. The summed E-state index contributed by atoms with van der Waals surface area (Å²) in [4.78, 5) is 38.3. The van der Waals surface area contributed by atoms with Crippen LogP contribution >= 0.6 is 0 Å². The molecule has 1 aliphatic rings. The lowest BCUT2D eigenvalue weighted by atomic mass is 10.1. The number of amides is 2. The fourth-order valence-corrected chi connectivity index (χ4v) is 3.92. The van der Waals surface area contributed by atoms with Gasteiger partial charge in [0, 0.05) is 14.1 Å². The first-order valence-corrected chi connectivity index (χ1v) is 10.2. The molecule has 152 valence electrons. The Hall–Kier alpha value is -3.04. The van der Waals surface area contributed by atoms with Crippen molar-refractivity contribution >= 4 is 27.8 Å². The van der Waals surface area contributed by atoms with E-state index in [4.69, 9.17) is 4.74 Å². The minimum absolute atomic E-state index is 0.0736. The van der Waals surface area contributed by atoms with E-state index in [0.717, 1.165) is 9.21 Å². The van der Waals surface area contributed by atoms with Gasteiger partial charge in [0.2, 0.25) is 10.0 Å². The molecule has 9 heteroatoms. The summed E-state index contributed by atoms with van der Waals surface area (Å²) in [5.41, 5.74) is 0.966. The van der Waals surface area contributed by atoms with Gasteiger partial charge >= 0.3 is 5.97 Å². The van der Waals surface area contributed by atoms with Gasteiger partial charge in [-0.15, -0.1) is 0 Å². The van der Waals surface area contributed by atoms with Crippen LogP contribution in [0, 0.1) is 0 Å². The summed E-state index contributed by atoms with van der Waals surface area (Å²) in [6.45, 7) is 1.22. The Bertz CT molecular complexity index is 1060. The Morgan fingerprint density at radius 2 is 1.62 bits per heavy atom. The van der Waals surface area contributed by atoms with Gasteiger partial charge in [0.15, 0.2) is 0 Å². The van der Waals surface area contributed by atoms with E-state index in [9.17, 15) is 22.8 Å². The first-order valence-electron chi connectivity index (χ1n) is 8.79. The minimum Gasteiger partial charge on any atom is -0.459 e. The van der Waals surface area contributed by atoms with Crippen molar-refractivity contribution in [2.45, 2.75) is 24.5 Å². The van der Waals surface area contributed by atoms with Gasteiger partial charge in [0.25, 0.3) is 11.8 Å². The molecular formula is C20H20N2O6S. The molecule has 0 bridgehead atoms. The molecular weight excluding hydrogens is 396 g/mol. The summed E-state index contributed by atoms with van der Waals surface area (Å²) in [7, 11) is -0.772. The average molecular weight is 416 g/mol. The zero-order valence-corrected chi connectivity index (χ0v) is 17.0. The quantitative estimate of drug-likeness (QED) is 0.524. The average Bonchev–Trinajstić information content (AvgIpc) is 2.96. The Balaban J connectivity index is 1.71. The fourth-order valence-electron chi connectivity index (χ4n) is 2.95. The molecule has 0 fully saturated rings. The van der Waals surface area contributed by atoms with Crippen molar-refractivity contribution in [2.24, 2.45) is 0 Å². The summed E-state index contributed by atoms with van der Waals surface area (Å²) < 4.78 is 30.8. The normalized spacial score (nSPS) is 14.8. The summed E-state index contributed by atoms with van der Waals surface area (Å²) >= 11 is 0. The second kappa shape index (κ2) is 7.76. The van der Waals surface area contributed by atoms with Crippen LogP contribution in [-0.2, 0) is 26.2 Å². The second-order valence-electron chi connectivity index (χ2n) is 6.74. The largest absolute Gasteiger partial charge is 0.459 e. The summed E-state index contributed by atoms with van der Waals surface area (Å²) in [5, 5.41) is 0. The molecule has 1 aliphatic heterocycles. The van der Waals surface area contributed by atoms with Gasteiger partial charge in [0.05, 0.1) is 16.0 Å². The highest BCUT2D eigenvalue weighted by Crippen LogP contribution is 2.25. The SMILES string of the molecule is CC(C(=O)OCc1cccc(S(=O)(=O)N(C)C)c1)N1C(=O)c2ccccc2C1=O. The topological polar surface area (TPSA) is 101 Å². The summed E-state index contributed by atoms with van der Waals surface area (Å²) in [6.07, 6.45) is 0. The number of benzene rings is 2. The Morgan fingerprint density at radius 1 is 1.03 bits per heavy atom. The third-order valence-electron chi connectivity index (χ3n) is 4.61. The van der Waals surface area contributed by atoms with Gasteiger partial charge in [-0.3, -0.25) is 14.5 Å². The predicted molar refractivity (Wildman–Crippen MR) is 104 cm³/mol. The number of rotatable bonds is 6. The van der Waals surface area contributed by atoms with Crippen LogP contribution in [0.2, 0.25) is 0 Å². The predicted octanol–water partition coefficient (Wildman–Crippen LogP) is 1.66. The van der Waals surface area contributed by atoms with Crippen molar-refractivity contribution in [2.75, 3.05) is 14.1 Å². The first kappa shape index (κ1) is 20.7. The van der Waals surface area contributed by atoms with Gasteiger partial charge in [0.1, 0.15) is 12.6 Å². The highest BCUT2D eigenvalue weighted by atomic mass is 32.2. The van der Waals surface area contributed by atoms with Crippen LogP contribution in [0.1, 0.15) is 33.2 Å². The molecule has 0 radical (unpaired) electrons. The number of carbonyl (C=O) groups is 3. The molecule has 1 unspecified atom stereocenters. The van der Waals surface area contributed by atoms with E-state index in [-0.39, 0.29) is 22.6 Å². The smallest absolute Gasteiger partial charge is 0.329 e. The monoisotopic (exact) mass is 416 g/mol. The third-order valence-corrected chi connectivity index (χ3v) is 6.42. The Morgan fingerprint density at radius 3 is 2.17 bits per heavy atom. The van der Waals surface area contributed by atoms with Crippen LogP contribution in [0.4, 0.5) is 0 Å². The number of carbonyl (C=O) groups excluding carboxylic acids is 3. The maximum Gasteiger partial charge on any atom is 0.329 e. The highest BCUT2D eigenvalue weighted by molar-refractivity contribution is 7.89. The van der Waals surface area contributed by atoms with E-state index < -0.39 is 33.8 Å². The van der Waals surface area contributed by atoms with Gasteiger partial charge < -0.3 is 4.74 Å². The maximum absolute atomic E-state index is 12.5. The van der Waals surface area contributed by atoms with Gasteiger partial charge in [-0.1, -0.05) is 24.3 Å². The molecule has 0 saturated heterocycles. The summed E-state index contributed by atoms with van der Waals surface area (Å²) in [5.74, 6) is -1.86. The standard InChI is InChI=1S/C20H20N2O6S/c1-13(22-18(23)16-9-4-5-10-17(16)19(22)24)20(25)28-12-14-7-6-8-15(11-14)29(26,27)21(2)3/h4-11,13H,12H2,1-3H3. The number of ether oxygens (including phenoxy) is 1. The molecule has 0 saturated carbocycles. The zero-order valence-electron chi connectivity index (χ0n) is 16.2. The van der Waals surface area contributed by atoms with Crippen molar-refractivity contribution in [1.82, 2.24) is 9.21 Å². The van der Waals surface area contributed by atoms with Crippen molar-refractivity contribution in [3.05, 3.63) is 65.2 Å². The number of hydrogen-bond donors (Lipinski definition) is 0. The van der Waals surface area contributed by atoms with Crippen LogP contribution in [0.5, 0.6) is 0 Å². The van der Waals surface area contributed by atoms with E-state index in [0.29, 0.717) is 5.56 Å². The lowest BCUT2D eigenvalue weighted by molar-refractivity contribution is -0.149. The molecule has 2 aromatic carbocycles. The van der Waals surface area contributed by atoms with E-state index in [1.54, 1.807) is 24.3 Å². The maximum atomic E-state index is 12.5. The van der Waals surface area contributed by atoms with E-state index in [1.807, 2.05) is 0 Å². The van der Waals surface area contributed by atoms with Crippen molar-refractivity contribution in [3.63, 3.8) is 0 Å². The third kappa shape index (κ3) is 3.79. The molecule has 0 aromatic heterocycles. The molecule has 1 heterocycles. The lowest BCUT2D eigenvalue weighted by Crippen LogP contribution is -2.43. The molecule has 0 aliphatic carbocycles. The number of esters is 1. The molecule has 0 spiro atoms. The molecule has 3 rings (SSSR count). The van der Waals surface area contributed by atoms with Crippen LogP contribution in [0.25, 0.3) is 0 Å². The molecule has 0 N–H and O–H groups in total. The molecule has 2 aromatic rings. The fraction of sp³-hybridized carbons (Fsp3) is 0.250. The summed E-state index contributed by atoms with van der Waals surface area (Å²) in [6, 6.07) is 11.3. The number of sulfonamides is 1. The van der Waals surface area contributed by atoms with E-state index in [1.165, 1.54) is 45.3 Å². The number of nitrogens with zero attached hydrogens (tertiary/aromatic N) is 2. The number of imide groups is 1. The molecule has 29 heavy (non-hydrogen) atoms. The second-order valence-corrected chi connectivity index (χ2v) is 8.90. The van der Waals surface area contributed by atoms with Crippen LogP contribution < -0.4 is 0 Å². The first-order chi connectivity index (χ1) is 13.6. The van der Waals surface area contributed by atoms with Crippen molar-refractivity contribution < 1.29 is 27.5 Å². The molecule has 1 atom stereocenters. The van der Waals surface area contributed by atoms with Crippen molar-refractivity contribution in [3.8, 4) is 0 Å². The van der Waals surface area contributed by atoms with Crippen LogP contribution in [0.15, 0.2) is 53.4 Å². The Labute approximate surface area is 168 Å². The lowest BCUT2D eigenvalue weighted by Gasteiger charge is -2.21. The van der Waals surface area contributed by atoms with E-state index in [2.05, 4.69) is 0 Å². The van der Waals surface area contributed by atoms with Crippen molar-refractivity contribution in [1.29, 1.82) is 0 Å². The van der Waals surface area contributed by atoms with Gasteiger partial charge in [-0.05, 0) is 36.8 Å². The number of hydrogen-bond acceptors (Lipinski definition) is 6. The number of fused-ring (bicyclic) bond motifs is 1. The highest BCUT2D eigenvalue weighted by Gasteiger charge is 2.41. The van der Waals surface area contributed by atoms with E-state index >= 15 is 0 Å². The van der Waals surface area contributed by atoms with Crippen LogP contribution in [-0.4, -0.2) is 55.5 Å². The molecule has 8 nitrogen and oxygen atoms in total. The van der Waals surface area contributed by atoms with Gasteiger partial charge in [-0.2, -0.15) is 0 Å². The van der Waals surface area contributed by atoms with Crippen LogP contribution in [0.3, 0.4) is 0 Å². The van der Waals surface area contributed by atoms with Gasteiger partial charge in [-0.25, -0.2) is 17.5 Å². The molecule has 2 amide bonds. The minimum atomic E-state index is -3.62.